The number of ether oxygens (including phenoxy) is 1. The van der Waals surface area contributed by atoms with E-state index in [2.05, 4.69) is 30.7 Å². The lowest BCUT2D eigenvalue weighted by Gasteiger charge is -2.12. The zero-order valence-electron chi connectivity index (χ0n) is 14.0. The summed E-state index contributed by atoms with van der Waals surface area (Å²) in [6.45, 7) is 4.19. The molecule has 0 radical (unpaired) electrons. The Kier molecular flexibility index (Phi) is 4.99. The van der Waals surface area contributed by atoms with Crippen molar-refractivity contribution in [2.75, 3.05) is 17.7 Å². The molecule has 0 spiro atoms. The number of nitrogens with one attached hydrogen (secondary N) is 2. The van der Waals surface area contributed by atoms with E-state index < -0.39 is 0 Å². The average molecular weight is 361 g/mol. The number of aryl methyl sites for hydroxylation is 2. The summed E-state index contributed by atoms with van der Waals surface area (Å²) in [5, 5.41) is 10.5. The first-order chi connectivity index (χ1) is 12.1. The van der Waals surface area contributed by atoms with Gasteiger partial charge in [0, 0.05) is 18.3 Å². The standard InChI is InChI=1S/C16H17ClN6O2/c1-9-14(10(2)25-23-9)19-6-11-7-20-16(17)22-15(11)21-13-5-4-12(24-3)8-18-13/h4-5,7-8,19H,6H2,1-3H3,(H,18,20,21,22). The molecule has 0 atom stereocenters. The maximum Gasteiger partial charge on any atom is 0.224 e. The first kappa shape index (κ1) is 17.0. The predicted octanol–water partition coefficient (Wildman–Crippen LogP) is 3.49. The number of pyridine rings is 1. The lowest BCUT2D eigenvalue weighted by atomic mass is 10.2. The van der Waals surface area contributed by atoms with Crippen molar-refractivity contribution >= 4 is 28.9 Å². The summed E-state index contributed by atoms with van der Waals surface area (Å²) >= 11 is 5.93. The van der Waals surface area contributed by atoms with Crippen molar-refractivity contribution in [3.05, 3.63) is 46.8 Å². The largest absolute Gasteiger partial charge is 0.495 e. The Balaban J connectivity index is 1.80. The molecule has 0 aliphatic rings. The van der Waals surface area contributed by atoms with Crippen LogP contribution < -0.4 is 15.4 Å². The minimum atomic E-state index is 0.150. The Morgan fingerprint density at radius 1 is 1.20 bits per heavy atom. The smallest absolute Gasteiger partial charge is 0.224 e. The van der Waals surface area contributed by atoms with Gasteiger partial charge in [0.1, 0.15) is 28.8 Å². The van der Waals surface area contributed by atoms with Gasteiger partial charge in [-0.3, -0.25) is 0 Å². The molecule has 0 saturated carbocycles. The summed E-state index contributed by atoms with van der Waals surface area (Å²) in [4.78, 5) is 12.6. The molecule has 0 aliphatic carbocycles. The van der Waals surface area contributed by atoms with Gasteiger partial charge in [0.25, 0.3) is 0 Å². The molecule has 8 nitrogen and oxygen atoms in total. The van der Waals surface area contributed by atoms with E-state index >= 15 is 0 Å². The lowest BCUT2D eigenvalue weighted by Crippen LogP contribution is -2.07. The molecule has 2 N–H and O–H groups in total. The molecule has 0 aromatic carbocycles. The Morgan fingerprint density at radius 3 is 2.68 bits per heavy atom. The fourth-order valence-corrected chi connectivity index (χ4v) is 2.37. The summed E-state index contributed by atoms with van der Waals surface area (Å²) in [5.41, 5.74) is 2.46. The van der Waals surface area contributed by atoms with Gasteiger partial charge in [0.2, 0.25) is 5.28 Å². The summed E-state index contributed by atoms with van der Waals surface area (Å²) < 4.78 is 10.3. The second-order valence-electron chi connectivity index (χ2n) is 5.27. The van der Waals surface area contributed by atoms with Crippen LogP contribution in [0.1, 0.15) is 17.0 Å². The molecule has 130 valence electrons. The minimum absolute atomic E-state index is 0.150. The number of aromatic nitrogens is 4. The molecule has 0 amide bonds. The highest BCUT2D eigenvalue weighted by Gasteiger charge is 2.12. The van der Waals surface area contributed by atoms with Crippen LogP contribution >= 0.6 is 11.6 Å². The van der Waals surface area contributed by atoms with Gasteiger partial charge in [0.05, 0.1) is 13.3 Å². The van der Waals surface area contributed by atoms with Gasteiger partial charge in [-0.05, 0) is 37.6 Å². The predicted molar refractivity (Wildman–Crippen MR) is 94.4 cm³/mol. The van der Waals surface area contributed by atoms with Gasteiger partial charge in [-0.1, -0.05) is 5.16 Å². The van der Waals surface area contributed by atoms with Crippen molar-refractivity contribution in [3.63, 3.8) is 0 Å². The molecule has 25 heavy (non-hydrogen) atoms. The Labute approximate surface area is 149 Å². The van der Waals surface area contributed by atoms with E-state index in [0.717, 1.165) is 22.7 Å². The van der Waals surface area contributed by atoms with Crippen molar-refractivity contribution in [1.82, 2.24) is 20.1 Å². The number of halogens is 1. The number of rotatable bonds is 6. The lowest BCUT2D eigenvalue weighted by molar-refractivity contribution is 0.393. The first-order valence-electron chi connectivity index (χ1n) is 7.52. The number of anilines is 3. The van der Waals surface area contributed by atoms with Crippen molar-refractivity contribution in [1.29, 1.82) is 0 Å². The molecule has 3 aromatic rings. The van der Waals surface area contributed by atoms with Gasteiger partial charge in [-0.15, -0.1) is 0 Å². The van der Waals surface area contributed by atoms with Crippen LogP contribution in [0.4, 0.5) is 17.3 Å². The third-order valence-corrected chi connectivity index (χ3v) is 3.72. The molecular formula is C16H17ClN6O2. The van der Waals surface area contributed by atoms with Gasteiger partial charge in [-0.2, -0.15) is 0 Å². The van der Waals surface area contributed by atoms with E-state index in [1.165, 1.54) is 0 Å². The first-order valence-corrected chi connectivity index (χ1v) is 7.90. The van der Waals surface area contributed by atoms with Gasteiger partial charge in [0.15, 0.2) is 5.76 Å². The van der Waals surface area contributed by atoms with E-state index in [0.29, 0.717) is 23.9 Å². The van der Waals surface area contributed by atoms with Crippen LogP contribution in [-0.2, 0) is 6.54 Å². The molecule has 0 saturated heterocycles. The maximum absolute atomic E-state index is 5.93. The highest BCUT2D eigenvalue weighted by atomic mass is 35.5. The summed E-state index contributed by atoms with van der Waals surface area (Å²) in [6.07, 6.45) is 3.28. The van der Waals surface area contributed by atoms with Crippen molar-refractivity contribution in [2.24, 2.45) is 0 Å². The van der Waals surface area contributed by atoms with Crippen LogP contribution in [0.5, 0.6) is 5.75 Å². The van der Waals surface area contributed by atoms with Gasteiger partial charge >= 0.3 is 0 Å². The van der Waals surface area contributed by atoms with Gasteiger partial charge in [-0.25, -0.2) is 15.0 Å². The van der Waals surface area contributed by atoms with E-state index in [1.54, 1.807) is 31.6 Å². The fraction of sp³-hybridized carbons (Fsp3) is 0.250. The summed E-state index contributed by atoms with van der Waals surface area (Å²) in [7, 11) is 1.59. The van der Waals surface area contributed by atoms with Crippen LogP contribution in [0.3, 0.4) is 0 Å². The van der Waals surface area contributed by atoms with E-state index in [9.17, 15) is 0 Å². The quantitative estimate of drug-likeness (QED) is 0.644. The van der Waals surface area contributed by atoms with E-state index in [1.807, 2.05) is 13.8 Å². The van der Waals surface area contributed by atoms with E-state index in [-0.39, 0.29) is 5.28 Å². The number of hydrogen-bond acceptors (Lipinski definition) is 8. The molecule has 3 rings (SSSR count). The zero-order valence-corrected chi connectivity index (χ0v) is 14.8. The molecule has 0 fully saturated rings. The third kappa shape index (κ3) is 3.97. The van der Waals surface area contributed by atoms with E-state index in [4.69, 9.17) is 20.9 Å². The Hall–Kier alpha value is -2.87. The SMILES string of the molecule is COc1ccc(Nc2nc(Cl)ncc2CNc2c(C)noc2C)nc1. The summed E-state index contributed by atoms with van der Waals surface area (Å²) in [6, 6.07) is 3.60. The van der Waals surface area contributed by atoms with Crippen LogP contribution in [-0.4, -0.2) is 27.2 Å². The van der Waals surface area contributed by atoms with Crippen molar-refractivity contribution in [2.45, 2.75) is 20.4 Å². The highest BCUT2D eigenvalue weighted by molar-refractivity contribution is 6.28. The van der Waals surface area contributed by atoms with Crippen LogP contribution in [0, 0.1) is 13.8 Å². The molecule has 0 bridgehead atoms. The van der Waals surface area contributed by atoms with Crippen LogP contribution in [0.2, 0.25) is 5.28 Å². The minimum Gasteiger partial charge on any atom is -0.495 e. The second-order valence-corrected chi connectivity index (χ2v) is 5.61. The second kappa shape index (κ2) is 7.35. The maximum atomic E-state index is 5.93. The Bertz CT molecular complexity index is 846. The van der Waals surface area contributed by atoms with Gasteiger partial charge < -0.3 is 19.9 Å². The van der Waals surface area contributed by atoms with Crippen LogP contribution in [0.25, 0.3) is 0 Å². The van der Waals surface area contributed by atoms with Crippen molar-refractivity contribution < 1.29 is 9.26 Å². The molecule has 0 aliphatic heterocycles. The normalized spacial score (nSPS) is 10.6. The summed E-state index contributed by atoms with van der Waals surface area (Å²) in [5.74, 6) is 2.58. The topological polar surface area (TPSA) is 98.0 Å². The molecule has 3 heterocycles. The molecule has 3 aromatic heterocycles. The zero-order chi connectivity index (χ0) is 17.8. The highest BCUT2D eigenvalue weighted by Crippen LogP contribution is 2.23. The third-order valence-electron chi connectivity index (χ3n) is 3.54. The molecular weight excluding hydrogens is 344 g/mol. The molecule has 0 unspecified atom stereocenters. The Morgan fingerprint density at radius 2 is 2.04 bits per heavy atom. The number of hydrogen-bond donors (Lipinski definition) is 2. The number of methoxy groups -OCH3 is 1. The van der Waals surface area contributed by atoms with Crippen molar-refractivity contribution in [3.8, 4) is 5.75 Å². The van der Waals surface area contributed by atoms with Crippen LogP contribution in [0.15, 0.2) is 29.0 Å². The molecule has 9 heteroatoms. The number of nitrogens with zero attached hydrogens (tertiary/aromatic N) is 4. The monoisotopic (exact) mass is 360 g/mol. The fourth-order valence-electron chi connectivity index (χ4n) is 2.24. The average Bonchev–Trinajstić information content (AvgIpc) is 2.93.